The largest absolute Gasteiger partial charge is 0.479 e. The lowest BCUT2D eigenvalue weighted by atomic mass is 10.3. The molecule has 2 rings (SSSR count). The summed E-state index contributed by atoms with van der Waals surface area (Å²) in [6.45, 7) is 2.18. The van der Waals surface area contributed by atoms with Crippen LogP contribution in [0, 0.1) is 0 Å². The normalized spacial score (nSPS) is 15.8. The number of nitrogens with zero attached hydrogens (tertiary/aromatic N) is 2. The van der Waals surface area contributed by atoms with Gasteiger partial charge in [0.2, 0.25) is 17.1 Å². The Balaban J connectivity index is 2.09. The van der Waals surface area contributed by atoms with Crippen molar-refractivity contribution in [1.29, 1.82) is 0 Å². The van der Waals surface area contributed by atoms with Gasteiger partial charge < -0.3 is 24.1 Å². The Labute approximate surface area is 132 Å². The van der Waals surface area contributed by atoms with Gasteiger partial charge in [0.25, 0.3) is 0 Å². The molecule has 0 aliphatic carbocycles. The van der Waals surface area contributed by atoms with Crippen molar-refractivity contribution in [2.75, 3.05) is 39.8 Å². The van der Waals surface area contributed by atoms with Crippen LogP contribution in [0.25, 0.3) is 6.08 Å². The zero-order chi connectivity index (χ0) is 16.8. The number of amides is 1. The van der Waals surface area contributed by atoms with E-state index in [1.165, 1.54) is 12.2 Å². The van der Waals surface area contributed by atoms with Gasteiger partial charge in [0.15, 0.2) is 12.4 Å². The van der Waals surface area contributed by atoms with Crippen LogP contribution in [0.2, 0.25) is 0 Å². The molecule has 23 heavy (non-hydrogen) atoms. The van der Waals surface area contributed by atoms with Crippen LogP contribution in [0.5, 0.6) is 5.75 Å². The van der Waals surface area contributed by atoms with E-state index < -0.39 is 18.0 Å². The Morgan fingerprint density at radius 1 is 1.35 bits per heavy atom. The van der Waals surface area contributed by atoms with Gasteiger partial charge in [-0.25, -0.2) is 4.79 Å². The number of carboxylic acids is 1. The van der Waals surface area contributed by atoms with Gasteiger partial charge in [0.05, 0.1) is 6.26 Å². The number of likely N-dealkylation sites (N-methyl/N-ethyl adjacent to an activating group) is 1. The summed E-state index contributed by atoms with van der Waals surface area (Å²) < 4.78 is 10.1. The van der Waals surface area contributed by atoms with Crippen LogP contribution in [-0.4, -0.2) is 66.6 Å². The predicted octanol–water partition coefficient (Wildman–Crippen LogP) is -0.110. The third-order valence-electron chi connectivity index (χ3n) is 3.39. The molecule has 0 spiro atoms. The van der Waals surface area contributed by atoms with Gasteiger partial charge in [-0.1, -0.05) is 0 Å². The third-order valence-corrected chi connectivity index (χ3v) is 3.39. The molecule has 2 heterocycles. The second-order valence-electron chi connectivity index (χ2n) is 5.12. The van der Waals surface area contributed by atoms with Gasteiger partial charge in [-0.2, -0.15) is 0 Å². The topological polar surface area (TPSA) is 100 Å². The first kappa shape index (κ1) is 16.8. The lowest BCUT2D eigenvalue weighted by Crippen LogP contribution is -2.46. The molecule has 0 aromatic carbocycles. The Kier molecular flexibility index (Phi) is 5.53. The van der Waals surface area contributed by atoms with Crippen LogP contribution in [0.4, 0.5) is 0 Å². The summed E-state index contributed by atoms with van der Waals surface area (Å²) in [5, 5.41) is 8.63. The standard InChI is InChI=1S/C15H18N2O6/c1-16-5-7-17(8-6-16)13(19)3-2-12-15(23-10-14(20)21)11(18)4-9-22-12/h2-4,9H,5-8,10H2,1H3,(H,20,21). The summed E-state index contributed by atoms with van der Waals surface area (Å²) in [5.74, 6) is -1.62. The monoisotopic (exact) mass is 322 g/mol. The lowest BCUT2D eigenvalue weighted by molar-refractivity contribution is -0.139. The highest BCUT2D eigenvalue weighted by Crippen LogP contribution is 2.15. The third kappa shape index (κ3) is 4.68. The maximum atomic E-state index is 12.1. The molecule has 0 unspecified atom stereocenters. The molecule has 0 saturated carbocycles. The molecule has 124 valence electrons. The number of aliphatic carboxylic acids is 1. The summed E-state index contributed by atoms with van der Waals surface area (Å²) in [5.41, 5.74) is -0.510. The van der Waals surface area contributed by atoms with Gasteiger partial charge in [-0.15, -0.1) is 0 Å². The number of hydrogen-bond donors (Lipinski definition) is 1. The van der Waals surface area contributed by atoms with Crippen molar-refractivity contribution in [2.24, 2.45) is 0 Å². The van der Waals surface area contributed by atoms with Crippen molar-refractivity contribution in [2.45, 2.75) is 0 Å². The van der Waals surface area contributed by atoms with E-state index in [2.05, 4.69) is 4.90 Å². The number of piperazine rings is 1. The minimum absolute atomic E-state index is 0.0150. The first-order valence-corrected chi connectivity index (χ1v) is 7.09. The van der Waals surface area contributed by atoms with E-state index in [1.807, 2.05) is 7.05 Å². The SMILES string of the molecule is CN1CCN(C(=O)C=Cc2occc(=O)c2OCC(=O)O)CC1. The molecule has 1 aliphatic heterocycles. The number of ether oxygens (including phenoxy) is 1. The number of carboxylic acid groups (broad SMARTS) is 1. The van der Waals surface area contributed by atoms with E-state index >= 15 is 0 Å². The molecule has 1 aromatic heterocycles. The zero-order valence-electron chi connectivity index (χ0n) is 12.7. The Morgan fingerprint density at radius 2 is 2.04 bits per heavy atom. The van der Waals surface area contributed by atoms with Crippen LogP contribution >= 0.6 is 0 Å². The maximum absolute atomic E-state index is 12.1. The Hall–Kier alpha value is -2.61. The maximum Gasteiger partial charge on any atom is 0.341 e. The lowest BCUT2D eigenvalue weighted by Gasteiger charge is -2.31. The summed E-state index contributed by atoms with van der Waals surface area (Å²) in [6.07, 6.45) is 3.77. The highest BCUT2D eigenvalue weighted by atomic mass is 16.5. The van der Waals surface area contributed by atoms with Crippen molar-refractivity contribution in [1.82, 2.24) is 9.80 Å². The molecule has 1 aromatic rings. The van der Waals surface area contributed by atoms with Gasteiger partial charge in [0.1, 0.15) is 0 Å². The molecule has 1 N–H and O–H groups in total. The molecule has 8 heteroatoms. The quantitative estimate of drug-likeness (QED) is 0.755. The second-order valence-corrected chi connectivity index (χ2v) is 5.12. The van der Waals surface area contributed by atoms with E-state index in [9.17, 15) is 14.4 Å². The molecular formula is C15H18N2O6. The number of carbonyl (C=O) groups is 2. The van der Waals surface area contributed by atoms with E-state index in [4.69, 9.17) is 14.3 Å². The fourth-order valence-corrected chi connectivity index (χ4v) is 2.09. The smallest absolute Gasteiger partial charge is 0.341 e. The van der Waals surface area contributed by atoms with Crippen molar-refractivity contribution in [3.8, 4) is 5.75 Å². The fraction of sp³-hybridized carbons (Fsp3) is 0.400. The van der Waals surface area contributed by atoms with Crippen LogP contribution in [0.15, 0.2) is 27.6 Å². The van der Waals surface area contributed by atoms with Gasteiger partial charge in [-0.3, -0.25) is 9.59 Å². The number of carbonyl (C=O) groups excluding carboxylic acids is 1. The van der Waals surface area contributed by atoms with Crippen molar-refractivity contribution >= 4 is 18.0 Å². The van der Waals surface area contributed by atoms with Gasteiger partial charge in [-0.05, 0) is 13.1 Å². The minimum Gasteiger partial charge on any atom is -0.479 e. The molecule has 0 bridgehead atoms. The molecule has 1 saturated heterocycles. The molecule has 1 fully saturated rings. The zero-order valence-corrected chi connectivity index (χ0v) is 12.7. The second kappa shape index (κ2) is 7.59. The van der Waals surface area contributed by atoms with Crippen LogP contribution in [-0.2, 0) is 9.59 Å². The van der Waals surface area contributed by atoms with E-state index in [1.54, 1.807) is 4.90 Å². The Morgan fingerprint density at radius 3 is 2.70 bits per heavy atom. The molecule has 0 radical (unpaired) electrons. The van der Waals surface area contributed by atoms with Crippen LogP contribution in [0.3, 0.4) is 0 Å². The highest BCUT2D eigenvalue weighted by molar-refractivity contribution is 5.91. The fourth-order valence-electron chi connectivity index (χ4n) is 2.09. The van der Waals surface area contributed by atoms with Crippen LogP contribution < -0.4 is 10.2 Å². The van der Waals surface area contributed by atoms with Gasteiger partial charge >= 0.3 is 5.97 Å². The minimum atomic E-state index is -1.21. The molecular weight excluding hydrogens is 304 g/mol. The first-order valence-electron chi connectivity index (χ1n) is 7.09. The molecule has 8 nitrogen and oxygen atoms in total. The molecule has 1 aliphatic rings. The van der Waals surface area contributed by atoms with E-state index in [0.717, 1.165) is 25.4 Å². The van der Waals surface area contributed by atoms with E-state index in [0.29, 0.717) is 13.1 Å². The van der Waals surface area contributed by atoms with E-state index in [-0.39, 0.29) is 17.4 Å². The predicted molar refractivity (Wildman–Crippen MR) is 81.2 cm³/mol. The number of hydrogen-bond acceptors (Lipinski definition) is 6. The molecule has 1 amide bonds. The summed E-state index contributed by atoms with van der Waals surface area (Å²) in [6, 6.07) is 1.12. The van der Waals surface area contributed by atoms with Gasteiger partial charge in [0, 0.05) is 38.3 Å². The van der Waals surface area contributed by atoms with Crippen molar-refractivity contribution in [3.05, 3.63) is 34.4 Å². The summed E-state index contributed by atoms with van der Waals surface area (Å²) in [7, 11) is 1.99. The van der Waals surface area contributed by atoms with Crippen molar-refractivity contribution < 1.29 is 23.8 Å². The highest BCUT2D eigenvalue weighted by Gasteiger charge is 2.17. The first-order chi connectivity index (χ1) is 11.0. The Bertz CT molecular complexity index is 658. The average Bonchev–Trinajstić information content (AvgIpc) is 2.52. The summed E-state index contributed by atoms with van der Waals surface area (Å²) in [4.78, 5) is 38.2. The average molecular weight is 322 g/mol. The van der Waals surface area contributed by atoms with Crippen LogP contribution in [0.1, 0.15) is 5.76 Å². The van der Waals surface area contributed by atoms with Crippen molar-refractivity contribution in [3.63, 3.8) is 0 Å². The molecule has 0 atom stereocenters. The summed E-state index contributed by atoms with van der Waals surface area (Å²) >= 11 is 0. The number of rotatable bonds is 5.